The third-order valence-electron chi connectivity index (χ3n) is 3.33. The summed E-state index contributed by atoms with van der Waals surface area (Å²) in [5.74, 6) is 0.777. The maximum absolute atomic E-state index is 11.6. The Morgan fingerprint density at radius 3 is 2.58 bits per heavy atom. The van der Waals surface area contributed by atoms with Gasteiger partial charge in [0.25, 0.3) is 0 Å². The quantitative estimate of drug-likeness (QED) is 0.240. The van der Waals surface area contributed by atoms with Crippen LogP contribution in [0.15, 0.2) is 28.1 Å². The summed E-state index contributed by atoms with van der Waals surface area (Å²) in [5, 5.41) is 9.32. The van der Waals surface area contributed by atoms with Crippen LogP contribution in [0.5, 0.6) is 0 Å². The first-order valence-corrected chi connectivity index (χ1v) is 9.17. The molecule has 24 heavy (non-hydrogen) atoms. The largest absolute Gasteiger partial charge is 0.356 e. The second-order valence-electron chi connectivity index (χ2n) is 5.27. The number of hydrogen-bond donors (Lipinski definition) is 3. The number of thioether (sulfide) groups is 1. The van der Waals surface area contributed by atoms with E-state index in [9.17, 15) is 4.79 Å². The Hall–Kier alpha value is -0.960. The Balaban J connectivity index is 0.00000529. The second kappa shape index (κ2) is 13.3. The van der Waals surface area contributed by atoms with Crippen LogP contribution in [-0.4, -0.2) is 38.3 Å². The van der Waals surface area contributed by atoms with Crippen LogP contribution in [0.2, 0.25) is 0 Å². The summed E-state index contributed by atoms with van der Waals surface area (Å²) in [6, 6.07) is 6.45. The molecule has 0 atom stereocenters. The lowest BCUT2D eigenvalue weighted by Gasteiger charge is -2.14. The molecule has 0 spiro atoms. The van der Waals surface area contributed by atoms with Crippen molar-refractivity contribution in [3.8, 4) is 0 Å². The third kappa shape index (κ3) is 8.77. The van der Waals surface area contributed by atoms with Gasteiger partial charge in [-0.3, -0.25) is 9.79 Å². The normalized spacial score (nSPS) is 10.8. The van der Waals surface area contributed by atoms with Gasteiger partial charge in [0.2, 0.25) is 5.91 Å². The number of aryl methyl sites for hydroxylation is 1. The Morgan fingerprint density at radius 2 is 1.96 bits per heavy atom. The zero-order chi connectivity index (χ0) is 17.1. The average Bonchev–Trinajstić information content (AvgIpc) is 2.56. The van der Waals surface area contributed by atoms with Gasteiger partial charge in [0.15, 0.2) is 5.96 Å². The first-order valence-electron chi connectivity index (χ1n) is 7.95. The van der Waals surface area contributed by atoms with E-state index in [1.807, 2.05) is 6.92 Å². The zero-order valence-electron chi connectivity index (χ0n) is 14.9. The summed E-state index contributed by atoms with van der Waals surface area (Å²) in [5.41, 5.74) is 2.51. The summed E-state index contributed by atoms with van der Waals surface area (Å²) < 4.78 is 0. The van der Waals surface area contributed by atoms with Gasteiger partial charge in [-0.05, 0) is 36.8 Å². The van der Waals surface area contributed by atoms with E-state index >= 15 is 0 Å². The van der Waals surface area contributed by atoms with Gasteiger partial charge in [-0.15, -0.1) is 35.7 Å². The zero-order valence-corrected chi connectivity index (χ0v) is 18.1. The molecule has 1 amide bonds. The number of rotatable bonds is 8. The van der Waals surface area contributed by atoms with Gasteiger partial charge in [-0.2, -0.15) is 0 Å². The average molecular weight is 464 g/mol. The van der Waals surface area contributed by atoms with Crippen molar-refractivity contribution in [2.24, 2.45) is 4.99 Å². The number of halogens is 1. The lowest BCUT2D eigenvalue weighted by Crippen LogP contribution is -2.39. The lowest BCUT2D eigenvalue weighted by atomic mass is 10.1. The molecular weight excluding hydrogens is 435 g/mol. The van der Waals surface area contributed by atoms with Crippen LogP contribution >= 0.6 is 35.7 Å². The molecule has 0 saturated heterocycles. The van der Waals surface area contributed by atoms with Crippen molar-refractivity contribution in [3.05, 3.63) is 29.3 Å². The molecule has 0 saturated carbocycles. The van der Waals surface area contributed by atoms with Crippen LogP contribution < -0.4 is 16.0 Å². The van der Waals surface area contributed by atoms with E-state index in [-0.39, 0.29) is 29.9 Å². The monoisotopic (exact) mass is 464 g/mol. The summed E-state index contributed by atoms with van der Waals surface area (Å²) >= 11 is 1.74. The van der Waals surface area contributed by atoms with Crippen molar-refractivity contribution in [1.82, 2.24) is 16.0 Å². The molecule has 3 N–H and O–H groups in total. The summed E-state index contributed by atoms with van der Waals surface area (Å²) in [7, 11) is 1.73. The summed E-state index contributed by atoms with van der Waals surface area (Å²) in [6.45, 7) is 6.15. The predicted molar refractivity (Wildman–Crippen MR) is 114 cm³/mol. The number of carbonyl (C=O) groups is 1. The van der Waals surface area contributed by atoms with Crippen LogP contribution in [0.4, 0.5) is 0 Å². The number of guanidine groups is 1. The highest BCUT2D eigenvalue weighted by atomic mass is 127. The van der Waals surface area contributed by atoms with Crippen LogP contribution in [-0.2, 0) is 11.3 Å². The van der Waals surface area contributed by atoms with E-state index in [0.717, 1.165) is 13.0 Å². The number of nitrogens with one attached hydrogen (secondary N) is 3. The van der Waals surface area contributed by atoms with E-state index < -0.39 is 0 Å². The molecular formula is C17H29IN4OS. The van der Waals surface area contributed by atoms with Crippen molar-refractivity contribution in [3.63, 3.8) is 0 Å². The lowest BCUT2D eigenvalue weighted by molar-refractivity contribution is -0.120. The van der Waals surface area contributed by atoms with Gasteiger partial charge in [-0.25, -0.2) is 0 Å². The van der Waals surface area contributed by atoms with Crippen molar-refractivity contribution in [2.75, 3.05) is 26.4 Å². The Bertz CT molecular complexity index is 537. The Kier molecular flexibility index (Phi) is 12.8. The van der Waals surface area contributed by atoms with E-state index in [4.69, 9.17) is 0 Å². The molecule has 0 unspecified atom stereocenters. The van der Waals surface area contributed by atoms with Crippen molar-refractivity contribution in [2.45, 2.75) is 38.1 Å². The molecule has 0 aliphatic heterocycles. The van der Waals surface area contributed by atoms with Crippen molar-refractivity contribution >= 4 is 47.6 Å². The van der Waals surface area contributed by atoms with E-state index in [2.05, 4.69) is 52.3 Å². The highest BCUT2D eigenvalue weighted by Crippen LogP contribution is 2.21. The second-order valence-corrected chi connectivity index (χ2v) is 6.12. The molecule has 7 heteroatoms. The highest BCUT2D eigenvalue weighted by Gasteiger charge is 2.05. The number of amides is 1. The van der Waals surface area contributed by atoms with Crippen molar-refractivity contribution in [1.29, 1.82) is 0 Å². The molecule has 5 nitrogen and oxygen atoms in total. The maximum atomic E-state index is 11.6. The Labute approximate surface area is 166 Å². The van der Waals surface area contributed by atoms with Crippen LogP contribution in [0.25, 0.3) is 0 Å². The van der Waals surface area contributed by atoms with Crippen LogP contribution in [0.3, 0.4) is 0 Å². The molecule has 0 aromatic heterocycles. The van der Waals surface area contributed by atoms with Crippen molar-refractivity contribution < 1.29 is 4.79 Å². The number of aliphatic imine (C=N–C) groups is 1. The van der Waals surface area contributed by atoms with Gasteiger partial charge in [0, 0.05) is 38.0 Å². The van der Waals surface area contributed by atoms with Crippen LogP contribution in [0.1, 0.15) is 30.9 Å². The SMILES string of the molecule is CCCNC(=O)CCNC(=NC)NCc1ccc(C)cc1SC.I. The minimum absolute atomic E-state index is 0. The molecule has 0 heterocycles. The molecule has 0 bridgehead atoms. The standard InChI is InChI=1S/C17H28N4OS.HI/c1-5-9-19-16(22)8-10-20-17(18-3)21-12-14-7-6-13(2)11-15(14)23-4;/h6-7,11H,5,8-10,12H2,1-4H3,(H,19,22)(H2,18,20,21);1H. The fourth-order valence-electron chi connectivity index (χ4n) is 2.04. The first-order chi connectivity index (χ1) is 11.1. The minimum atomic E-state index is 0. The fraction of sp³-hybridized carbons (Fsp3) is 0.529. The van der Waals surface area contributed by atoms with Gasteiger partial charge in [0.1, 0.15) is 0 Å². The van der Waals surface area contributed by atoms with Gasteiger partial charge in [-0.1, -0.05) is 19.1 Å². The minimum Gasteiger partial charge on any atom is -0.356 e. The van der Waals surface area contributed by atoms with Gasteiger partial charge >= 0.3 is 0 Å². The summed E-state index contributed by atoms with van der Waals surface area (Å²) in [6.07, 6.45) is 3.48. The molecule has 136 valence electrons. The fourth-order valence-corrected chi connectivity index (χ4v) is 2.75. The molecule has 0 radical (unpaired) electrons. The van der Waals surface area contributed by atoms with Gasteiger partial charge in [0.05, 0.1) is 0 Å². The molecule has 1 aromatic carbocycles. The number of hydrogen-bond acceptors (Lipinski definition) is 3. The van der Waals surface area contributed by atoms with E-state index in [1.54, 1.807) is 18.8 Å². The molecule has 0 aliphatic rings. The smallest absolute Gasteiger partial charge is 0.221 e. The van der Waals surface area contributed by atoms with Crippen LogP contribution in [0, 0.1) is 6.92 Å². The first kappa shape index (κ1) is 23.0. The molecule has 1 aromatic rings. The number of benzene rings is 1. The predicted octanol–water partition coefficient (Wildman–Crippen LogP) is 2.92. The Morgan fingerprint density at radius 1 is 1.21 bits per heavy atom. The maximum Gasteiger partial charge on any atom is 0.221 e. The topological polar surface area (TPSA) is 65.5 Å². The molecule has 0 fully saturated rings. The molecule has 0 aliphatic carbocycles. The summed E-state index contributed by atoms with van der Waals surface area (Å²) in [4.78, 5) is 17.0. The number of carbonyl (C=O) groups excluding carboxylic acids is 1. The third-order valence-corrected chi connectivity index (χ3v) is 4.15. The molecule has 1 rings (SSSR count). The number of nitrogens with zero attached hydrogens (tertiary/aromatic N) is 1. The van der Waals surface area contributed by atoms with E-state index in [1.165, 1.54) is 16.0 Å². The van der Waals surface area contributed by atoms with E-state index in [0.29, 0.717) is 25.5 Å². The van der Waals surface area contributed by atoms with Gasteiger partial charge < -0.3 is 16.0 Å². The highest BCUT2D eigenvalue weighted by molar-refractivity contribution is 14.0.